The number of ether oxygens (including phenoxy) is 1. The molecule has 3 aromatic rings. The molecule has 0 atom stereocenters. The first kappa shape index (κ1) is 28.9. The Morgan fingerprint density at radius 2 is 1.62 bits per heavy atom. The molecule has 12 heteroatoms. The third-order valence-electron chi connectivity index (χ3n) is 6.73. The number of carbonyl (C=O) groups excluding carboxylic acids is 1. The number of nitrogens with one attached hydrogen (secondary N) is 2. The van der Waals surface area contributed by atoms with Gasteiger partial charge in [0.1, 0.15) is 5.75 Å². The van der Waals surface area contributed by atoms with Crippen LogP contribution in [0.1, 0.15) is 35.7 Å². The summed E-state index contributed by atoms with van der Waals surface area (Å²) in [5.41, 5.74) is 1.32. The standard InChI is InChI=1S/C27H30ClN3O6S2/c1-18-13-15-31(16-14-18)39(35,36)22-11-12-26(37-3)23(17-22)27(32)29-20-7-9-21(10-8-20)38(33,34)30-25-6-4-5-24(28)19(25)2/h4-12,17-18,30H,13-16H2,1-3H3,(H,29,32). The monoisotopic (exact) mass is 591 g/mol. The molecule has 39 heavy (non-hydrogen) atoms. The molecule has 0 saturated carbocycles. The highest BCUT2D eigenvalue weighted by molar-refractivity contribution is 7.92. The van der Waals surface area contributed by atoms with Gasteiger partial charge in [-0.3, -0.25) is 9.52 Å². The van der Waals surface area contributed by atoms with Gasteiger partial charge in [-0.25, -0.2) is 16.8 Å². The third kappa shape index (κ3) is 6.38. The maximum Gasteiger partial charge on any atom is 0.261 e. The maximum absolute atomic E-state index is 13.2. The number of hydrogen-bond donors (Lipinski definition) is 2. The van der Waals surface area contributed by atoms with E-state index in [1.165, 1.54) is 53.9 Å². The molecule has 1 amide bonds. The molecular weight excluding hydrogens is 562 g/mol. The van der Waals surface area contributed by atoms with Crippen molar-refractivity contribution in [3.05, 3.63) is 76.8 Å². The van der Waals surface area contributed by atoms with Gasteiger partial charge in [0.2, 0.25) is 10.0 Å². The number of halogens is 1. The lowest BCUT2D eigenvalue weighted by atomic mass is 10.0. The number of anilines is 2. The summed E-state index contributed by atoms with van der Waals surface area (Å²) in [6.45, 7) is 4.66. The quantitative estimate of drug-likeness (QED) is 0.374. The van der Waals surface area contributed by atoms with E-state index in [-0.39, 0.29) is 21.1 Å². The zero-order valence-corrected chi connectivity index (χ0v) is 24.2. The molecule has 0 aromatic heterocycles. The average Bonchev–Trinajstić information content (AvgIpc) is 2.91. The Kier molecular flexibility index (Phi) is 8.55. The fourth-order valence-electron chi connectivity index (χ4n) is 4.24. The van der Waals surface area contributed by atoms with E-state index in [0.717, 1.165) is 12.8 Å². The van der Waals surface area contributed by atoms with Crippen LogP contribution in [0.4, 0.5) is 11.4 Å². The second-order valence-electron chi connectivity index (χ2n) is 9.45. The summed E-state index contributed by atoms with van der Waals surface area (Å²) in [5.74, 6) is 0.0743. The van der Waals surface area contributed by atoms with Gasteiger partial charge in [-0.05, 0) is 85.8 Å². The average molecular weight is 592 g/mol. The van der Waals surface area contributed by atoms with Crippen molar-refractivity contribution in [2.45, 2.75) is 36.5 Å². The smallest absolute Gasteiger partial charge is 0.261 e. The van der Waals surface area contributed by atoms with Crippen LogP contribution in [0, 0.1) is 12.8 Å². The third-order valence-corrected chi connectivity index (χ3v) is 10.4. The van der Waals surface area contributed by atoms with Crippen molar-refractivity contribution in [3.8, 4) is 5.75 Å². The van der Waals surface area contributed by atoms with Gasteiger partial charge in [0, 0.05) is 23.8 Å². The van der Waals surface area contributed by atoms with Gasteiger partial charge in [0.05, 0.1) is 28.2 Å². The molecule has 9 nitrogen and oxygen atoms in total. The Hall–Kier alpha value is -3.12. The number of rotatable bonds is 8. The topological polar surface area (TPSA) is 122 Å². The molecular formula is C27H30ClN3O6S2. The number of methoxy groups -OCH3 is 1. The fourth-order valence-corrected chi connectivity index (χ4v) is 7.03. The van der Waals surface area contributed by atoms with Crippen LogP contribution in [0.3, 0.4) is 0 Å². The van der Waals surface area contributed by atoms with Crippen molar-refractivity contribution in [1.82, 2.24) is 4.31 Å². The van der Waals surface area contributed by atoms with Crippen LogP contribution in [0.5, 0.6) is 5.75 Å². The molecule has 3 aromatic carbocycles. The van der Waals surface area contributed by atoms with E-state index in [1.54, 1.807) is 25.1 Å². The predicted molar refractivity (Wildman–Crippen MR) is 152 cm³/mol. The molecule has 0 aliphatic carbocycles. The summed E-state index contributed by atoms with van der Waals surface area (Å²) in [7, 11) is -6.30. The summed E-state index contributed by atoms with van der Waals surface area (Å²) in [4.78, 5) is 13.1. The summed E-state index contributed by atoms with van der Waals surface area (Å²) in [6, 6.07) is 14.7. The predicted octanol–water partition coefficient (Wildman–Crippen LogP) is 5.13. The van der Waals surface area contributed by atoms with E-state index in [4.69, 9.17) is 16.3 Å². The highest BCUT2D eigenvalue weighted by Gasteiger charge is 2.29. The normalized spacial score (nSPS) is 15.1. The van der Waals surface area contributed by atoms with E-state index < -0.39 is 26.0 Å². The van der Waals surface area contributed by atoms with Crippen molar-refractivity contribution in [1.29, 1.82) is 0 Å². The Balaban J connectivity index is 1.53. The van der Waals surface area contributed by atoms with Crippen molar-refractivity contribution < 1.29 is 26.4 Å². The van der Waals surface area contributed by atoms with Gasteiger partial charge in [-0.2, -0.15) is 4.31 Å². The second-order valence-corrected chi connectivity index (χ2v) is 13.5. The van der Waals surface area contributed by atoms with Crippen LogP contribution in [-0.4, -0.2) is 47.2 Å². The van der Waals surface area contributed by atoms with Crippen molar-refractivity contribution >= 4 is 48.9 Å². The molecule has 0 radical (unpaired) electrons. The van der Waals surface area contributed by atoms with Crippen molar-refractivity contribution in [2.75, 3.05) is 30.2 Å². The van der Waals surface area contributed by atoms with Gasteiger partial charge in [-0.1, -0.05) is 24.6 Å². The Morgan fingerprint density at radius 1 is 0.974 bits per heavy atom. The van der Waals surface area contributed by atoms with Gasteiger partial charge in [0.25, 0.3) is 15.9 Å². The SMILES string of the molecule is COc1ccc(S(=O)(=O)N2CCC(C)CC2)cc1C(=O)Nc1ccc(S(=O)(=O)Nc2cccc(Cl)c2C)cc1. The van der Waals surface area contributed by atoms with Crippen LogP contribution in [0.15, 0.2) is 70.5 Å². The first-order chi connectivity index (χ1) is 18.4. The summed E-state index contributed by atoms with van der Waals surface area (Å²) < 4.78 is 61.4. The number of piperidine rings is 1. The zero-order valence-electron chi connectivity index (χ0n) is 21.8. The molecule has 1 aliphatic rings. The number of hydrogen-bond acceptors (Lipinski definition) is 6. The molecule has 4 rings (SSSR count). The fraction of sp³-hybridized carbons (Fsp3) is 0.296. The van der Waals surface area contributed by atoms with E-state index >= 15 is 0 Å². The Labute approximate surface area is 234 Å². The molecule has 0 unspecified atom stereocenters. The molecule has 1 saturated heterocycles. The van der Waals surface area contributed by atoms with E-state index in [0.29, 0.717) is 41.0 Å². The van der Waals surface area contributed by atoms with Gasteiger partial charge in [-0.15, -0.1) is 0 Å². The molecule has 1 fully saturated rings. The van der Waals surface area contributed by atoms with Gasteiger partial charge in [0.15, 0.2) is 0 Å². The number of amides is 1. The molecule has 1 aliphatic heterocycles. The molecule has 208 valence electrons. The van der Waals surface area contributed by atoms with Crippen LogP contribution >= 0.6 is 11.6 Å². The zero-order chi connectivity index (χ0) is 28.4. The van der Waals surface area contributed by atoms with Crippen LogP contribution in [-0.2, 0) is 20.0 Å². The van der Waals surface area contributed by atoms with Crippen LogP contribution in [0.25, 0.3) is 0 Å². The number of carbonyl (C=O) groups is 1. The summed E-state index contributed by atoms with van der Waals surface area (Å²) in [5, 5.41) is 3.12. The van der Waals surface area contributed by atoms with Gasteiger partial charge < -0.3 is 10.1 Å². The second kappa shape index (κ2) is 11.5. The largest absolute Gasteiger partial charge is 0.496 e. The highest BCUT2D eigenvalue weighted by atomic mass is 35.5. The lowest BCUT2D eigenvalue weighted by molar-refractivity contribution is 0.102. The molecule has 0 bridgehead atoms. The number of sulfonamides is 2. The van der Waals surface area contributed by atoms with E-state index in [2.05, 4.69) is 17.0 Å². The molecule has 0 spiro atoms. The number of benzene rings is 3. The summed E-state index contributed by atoms with van der Waals surface area (Å²) in [6.07, 6.45) is 1.56. The Bertz CT molecular complexity index is 1580. The molecule has 2 N–H and O–H groups in total. The lowest BCUT2D eigenvalue weighted by Gasteiger charge is -2.29. The van der Waals surface area contributed by atoms with Crippen LogP contribution in [0.2, 0.25) is 5.02 Å². The lowest BCUT2D eigenvalue weighted by Crippen LogP contribution is -2.37. The van der Waals surface area contributed by atoms with E-state index in [9.17, 15) is 21.6 Å². The minimum absolute atomic E-state index is 0.00632. The maximum atomic E-state index is 13.2. The van der Waals surface area contributed by atoms with Crippen molar-refractivity contribution in [3.63, 3.8) is 0 Å². The molecule has 1 heterocycles. The van der Waals surface area contributed by atoms with E-state index in [1.807, 2.05) is 0 Å². The first-order valence-electron chi connectivity index (χ1n) is 12.3. The summed E-state index contributed by atoms with van der Waals surface area (Å²) >= 11 is 6.09. The van der Waals surface area contributed by atoms with Crippen LogP contribution < -0.4 is 14.8 Å². The first-order valence-corrected chi connectivity index (χ1v) is 15.6. The Morgan fingerprint density at radius 3 is 2.26 bits per heavy atom. The van der Waals surface area contributed by atoms with Gasteiger partial charge >= 0.3 is 0 Å². The van der Waals surface area contributed by atoms with Crippen molar-refractivity contribution in [2.24, 2.45) is 5.92 Å². The highest BCUT2D eigenvalue weighted by Crippen LogP contribution is 2.29. The number of nitrogens with zero attached hydrogens (tertiary/aromatic N) is 1. The minimum Gasteiger partial charge on any atom is -0.496 e. The minimum atomic E-state index is -3.91.